The molecule has 2 rings (SSSR count). The lowest BCUT2D eigenvalue weighted by Gasteiger charge is -1.92. The number of rotatable bonds is 1. The zero-order chi connectivity index (χ0) is 8.55. The number of nitrogens with zero attached hydrogens (tertiary/aromatic N) is 1. The van der Waals surface area contributed by atoms with E-state index in [0.29, 0.717) is 11.0 Å². The van der Waals surface area contributed by atoms with Gasteiger partial charge in [-0.05, 0) is 6.07 Å². The second kappa shape index (κ2) is 2.34. The molecule has 4 nitrogen and oxygen atoms in total. The number of carboxylic acids is 1. The van der Waals surface area contributed by atoms with E-state index in [1.54, 1.807) is 12.3 Å². The summed E-state index contributed by atoms with van der Waals surface area (Å²) in [6, 6.07) is 1.68. The molecular formula is C8H5NO3. The van der Waals surface area contributed by atoms with Crippen LogP contribution in [0.25, 0.3) is 11.0 Å². The van der Waals surface area contributed by atoms with Gasteiger partial charge in [0, 0.05) is 17.8 Å². The van der Waals surface area contributed by atoms with Crippen molar-refractivity contribution in [3.63, 3.8) is 0 Å². The summed E-state index contributed by atoms with van der Waals surface area (Å²) in [4.78, 5) is 14.4. The van der Waals surface area contributed by atoms with Crippen LogP contribution in [0.4, 0.5) is 0 Å². The van der Waals surface area contributed by atoms with Crippen molar-refractivity contribution in [2.75, 3.05) is 0 Å². The molecule has 12 heavy (non-hydrogen) atoms. The Morgan fingerprint density at radius 1 is 1.50 bits per heavy atom. The van der Waals surface area contributed by atoms with Crippen LogP contribution in [0.1, 0.15) is 10.4 Å². The largest absolute Gasteiger partial charge is 0.477 e. The number of hydrogen-bond acceptors (Lipinski definition) is 3. The van der Waals surface area contributed by atoms with Crippen LogP contribution in [-0.2, 0) is 0 Å². The van der Waals surface area contributed by atoms with Crippen LogP contribution in [0.3, 0.4) is 0 Å². The lowest BCUT2D eigenvalue weighted by molar-refractivity contribution is 0.0697. The van der Waals surface area contributed by atoms with Crippen LogP contribution >= 0.6 is 0 Å². The summed E-state index contributed by atoms with van der Waals surface area (Å²) in [7, 11) is 0. The topological polar surface area (TPSA) is 63.3 Å². The second-order valence-electron chi connectivity index (χ2n) is 2.33. The Bertz CT molecular complexity index is 433. The fraction of sp³-hybridized carbons (Fsp3) is 0. The van der Waals surface area contributed by atoms with Crippen LogP contribution in [0.2, 0.25) is 0 Å². The predicted octanol–water partition coefficient (Wildman–Crippen LogP) is 1.53. The molecule has 2 heterocycles. The summed E-state index contributed by atoms with van der Waals surface area (Å²) in [5.41, 5.74) is 0.468. The van der Waals surface area contributed by atoms with Gasteiger partial charge in [-0.3, -0.25) is 4.98 Å². The van der Waals surface area contributed by atoms with E-state index in [4.69, 9.17) is 9.52 Å². The minimum Gasteiger partial charge on any atom is -0.477 e. The molecule has 0 aliphatic heterocycles. The van der Waals surface area contributed by atoms with Gasteiger partial charge >= 0.3 is 5.97 Å². The maximum Gasteiger partial charge on any atom is 0.341 e. The van der Waals surface area contributed by atoms with Crippen LogP contribution in [-0.4, -0.2) is 16.1 Å². The van der Waals surface area contributed by atoms with Crippen molar-refractivity contribution in [3.8, 4) is 0 Å². The van der Waals surface area contributed by atoms with E-state index in [2.05, 4.69) is 4.98 Å². The number of fused-ring (bicyclic) bond motifs is 1. The first-order valence-corrected chi connectivity index (χ1v) is 3.33. The van der Waals surface area contributed by atoms with Gasteiger partial charge in [-0.2, -0.15) is 0 Å². The van der Waals surface area contributed by atoms with E-state index < -0.39 is 5.97 Å². The normalized spacial score (nSPS) is 10.3. The van der Waals surface area contributed by atoms with E-state index in [0.717, 1.165) is 0 Å². The summed E-state index contributed by atoms with van der Waals surface area (Å²) in [6.07, 6.45) is 4.28. The van der Waals surface area contributed by atoms with Crippen molar-refractivity contribution >= 4 is 16.9 Å². The zero-order valence-corrected chi connectivity index (χ0v) is 6.02. The number of carbonyl (C=O) groups is 1. The Kier molecular flexibility index (Phi) is 1.33. The van der Waals surface area contributed by atoms with Crippen molar-refractivity contribution < 1.29 is 14.3 Å². The highest BCUT2D eigenvalue weighted by Crippen LogP contribution is 2.17. The molecule has 60 valence electrons. The molecule has 0 saturated carbocycles. The van der Waals surface area contributed by atoms with E-state index >= 15 is 0 Å². The van der Waals surface area contributed by atoms with Gasteiger partial charge in [-0.25, -0.2) is 4.79 Å². The third-order valence-corrected chi connectivity index (χ3v) is 1.59. The average Bonchev–Trinajstić information content (AvgIpc) is 2.49. The van der Waals surface area contributed by atoms with Gasteiger partial charge in [0.1, 0.15) is 5.56 Å². The van der Waals surface area contributed by atoms with Gasteiger partial charge in [0.2, 0.25) is 0 Å². The molecule has 0 unspecified atom stereocenters. The van der Waals surface area contributed by atoms with Gasteiger partial charge in [0.05, 0.1) is 6.26 Å². The van der Waals surface area contributed by atoms with E-state index in [1.165, 1.54) is 12.5 Å². The zero-order valence-electron chi connectivity index (χ0n) is 6.02. The third kappa shape index (κ3) is 0.852. The molecule has 0 atom stereocenters. The molecule has 0 amide bonds. The van der Waals surface area contributed by atoms with Crippen LogP contribution < -0.4 is 0 Å². The minimum absolute atomic E-state index is 0.0949. The molecule has 1 N–H and O–H groups in total. The Hall–Kier alpha value is -1.84. The lowest BCUT2D eigenvalue weighted by atomic mass is 10.2. The van der Waals surface area contributed by atoms with Crippen molar-refractivity contribution in [2.45, 2.75) is 0 Å². The summed E-state index contributed by atoms with van der Waals surface area (Å²) in [5, 5.41) is 9.40. The van der Waals surface area contributed by atoms with Gasteiger partial charge in [0.25, 0.3) is 0 Å². The summed E-state index contributed by atoms with van der Waals surface area (Å²) < 4.78 is 4.99. The molecular weight excluding hydrogens is 158 g/mol. The standard InChI is InChI=1S/C8H5NO3/c10-8(11)6-4-9-3-5-1-2-12-7(5)6/h1-4H,(H,10,11). The van der Waals surface area contributed by atoms with Gasteiger partial charge < -0.3 is 9.52 Å². The molecule has 0 aliphatic rings. The maximum absolute atomic E-state index is 10.6. The Labute approximate surface area is 67.4 Å². The summed E-state index contributed by atoms with van der Waals surface area (Å²) >= 11 is 0. The Morgan fingerprint density at radius 2 is 2.33 bits per heavy atom. The van der Waals surface area contributed by atoms with Crippen molar-refractivity contribution in [2.24, 2.45) is 0 Å². The minimum atomic E-state index is -1.02. The van der Waals surface area contributed by atoms with Crippen molar-refractivity contribution in [3.05, 3.63) is 30.3 Å². The molecule has 0 bridgehead atoms. The molecule has 4 heteroatoms. The number of pyridine rings is 1. The number of aromatic nitrogens is 1. The summed E-state index contributed by atoms with van der Waals surface area (Å²) in [5.74, 6) is -1.02. The predicted molar refractivity (Wildman–Crippen MR) is 41.0 cm³/mol. The SMILES string of the molecule is O=C(O)c1cncc2ccoc12. The Balaban J connectivity index is 2.82. The number of aromatic carboxylic acids is 1. The fourth-order valence-electron chi connectivity index (χ4n) is 1.04. The van der Waals surface area contributed by atoms with Crippen LogP contribution in [0.5, 0.6) is 0 Å². The summed E-state index contributed by atoms with van der Waals surface area (Å²) in [6.45, 7) is 0. The molecule has 0 radical (unpaired) electrons. The van der Waals surface area contributed by atoms with Crippen molar-refractivity contribution in [1.29, 1.82) is 0 Å². The number of furan rings is 1. The second-order valence-corrected chi connectivity index (χ2v) is 2.33. The first kappa shape index (κ1) is 6.84. The molecule has 0 aliphatic carbocycles. The average molecular weight is 163 g/mol. The molecule has 2 aromatic rings. The monoisotopic (exact) mass is 163 g/mol. The number of hydrogen-bond donors (Lipinski definition) is 1. The maximum atomic E-state index is 10.6. The molecule has 2 aromatic heterocycles. The van der Waals surface area contributed by atoms with Crippen molar-refractivity contribution in [1.82, 2.24) is 4.98 Å². The lowest BCUT2D eigenvalue weighted by Crippen LogP contribution is -1.96. The Morgan fingerprint density at radius 3 is 3.08 bits per heavy atom. The van der Waals surface area contributed by atoms with Crippen LogP contribution in [0.15, 0.2) is 29.1 Å². The van der Waals surface area contributed by atoms with E-state index in [1.807, 2.05) is 0 Å². The molecule has 0 fully saturated rings. The van der Waals surface area contributed by atoms with Crippen LogP contribution in [0, 0.1) is 0 Å². The molecule has 0 aromatic carbocycles. The highest BCUT2D eigenvalue weighted by molar-refractivity contribution is 6.00. The quantitative estimate of drug-likeness (QED) is 0.692. The van der Waals surface area contributed by atoms with E-state index in [-0.39, 0.29) is 5.56 Å². The first-order valence-electron chi connectivity index (χ1n) is 3.33. The smallest absolute Gasteiger partial charge is 0.341 e. The third-order valence-electron chi connectivity index (χ3n) is 1.59. The molecule has 0 spiro atoms. The number of carboxylic acid groups (broad SMARTS) is 1. The van der Waals surface area contributed by atoms with Gasteiger partial charge in [-0.1, -0.05) is 0 Å². The highest BCUT2D eigenvalue weighted by Gasteiger charge is 2.10. The molecule has 0 saturated heterocycles. The van der Waals surface area contributed by atoms with Gasteiger partial charge in [-0.15, -0.1) is 0 Å². The highest BCUT2D eigenvalue weighted by atomic mass is 16.4. The fourth-order valence-corrected chi connectivity index (χ4v) is 1.04. The van der Waals surface area contributed by atoms with Gasteiger partial charge in [0.15, 0.2) is 5.58 Å². The van der Waals surface area contributed by atoms with E-state index in [9.17, 15) is 4.79 Å². The first-order chi connectivity index (χ1) is 5.79.